The summed E-state index contributed by atoms with van der Waals surface area (Å²) in [4.78, 5) is 36.3. The van der Waals surface area contributed by atoms with Crippen LogP contribution in [0.25, 0.3) is 5.69 Å². The number of rotatable bonds is 3. The molecule has 3 fully saturated rings. The number of aromatic nitrogens is 2. The van der Waals surface area contributed by atoms with Gasteiger partial charge in [-0.3, -0.25) is 14.2 Å². The van der Waals surface area contributed by atoms with Gasteiger partial charge in [0.2, 0.25) is 15.9 Å². The van der Waals surface area contributed by atoms with Crippen molar-refractivity contribution in [3.63, 3.8) is 0 Å². The summed E-state index contributed by atoms with van der Waals surface area (Å²) in [5.74, 6) is -0.0695. The lowest BCUT2D eigenvalue weighted by atomic mass is 9.63. The van der Waals surface area contributed by atoms with Crippen molar-refractivity contribution in [3.05, 3.63) is 76.8 Å². The predicted octanol–water partition coefficient (Wildman–Crippen LogP) is 3.25. The van der Waals surface area contributed by atoms with E-state index in [1.165, 1.54) is 6.33 Å². The Morgan fingerprint density at radius 3 is 2.36 bits per heavy atom. The lowest BCUT2D eigenvalue weighted by Gasteiger charge is -2.49. The molecule has 2 aromatic carbocycles. The van der Waals surface area contributed by atoms with Gasteiger partial charge in [-0.1, -0.05) is 42.3 Å². The maximum Gasteiger partial charge on any atom is 0.274 e. The van der Waals surface area contributed by atoms with Crippen LogP contribution >= 0.6 is 11.6 Å². The first-order valence-corrected chi connectivity index (χ1v) is 15.2. The molecule has 3 aliphatic heterocycles. The molecule has 2 atom stereocenters. The molecule has 9 nitrogen and oxygen atoms in total. The van der Waals surface area contributed by atoms with Crippen LogP contribution in [-0.2, 0) is 26.8 Å². The number of hydrogen-bond donors (Lipinski definition) is 1. The number of sulfonamides is 1. The highest BCUT2D eigenvalue weighted by Crippen LogP contribution is 2.48. The van der Waals surface area contributed by atoms with Gasteiger partial charge in [-0.15, -0.1) is 0 Å². The number of imidazole rings is 1. The number of nitrogens with one attached hydrogen (secondary N) is 1. The number of likely N-dealkylation sites (tertiary alicyclic amines) is 1. The Bertz CT molecular complexity index is 1580. The second-order valence-corrected chi connectivity index (χ2v) is 13.1. The predicted molar refractivity (Wildman–Crippen MR) is 144 cm³/mol. The number of para-hydroxylation sites is 1. The van der Waals surface area contributed by atoms with E-state index in [0.29, 0.717) is 29.5 Å². The number of piperazine rings is 1. The molecular weight excluding hydrogens is 538 g/mol. The molecule has 7 rings (SSSR count). The average molecular weight is 566 g/mol. The molecule has 2 bridgehead atoms. The van der Waals surface area contributed by atoms with Gasteiger partial charge in [0, 0.05) is 30.2 Å². The van der Waals surface area contributed by atoms with Crippen LogP contribution < -0.4 is 4.72 Å². The second kappa shape index (κ2) is 8.90. The zero-order valence-corrected chi connectivity index (χ0v) is 22.8. The number of carbonyl (C=O) groups excluding carboxylic acids is 2. The summed E-state index contributed by atoms with van der Waals surface area (Å²) in [7, 11) is -3.72. The highest BCUT2D eigenvalue weighted by atomic mass is 35.5. The number of benzene rings is 2. The molecule has 1 aliphatic carbocycles. The van der Waals surface area contributed by atoms with E-state index in [9.17, 15) is 18.0 Å². The lowest BCUT2D eigenvalue weighted by molar-refractivity contribution is -0.146. The summed E-state index contributed by atoms with van der Waals surface area (Å²) >= 11 is 6.11. The number of nitrogens with zero attached hydrogens (tertiary/aromatic N) is 4. The molecule has 0 radical (unpaired) electrons. The van der Waals surface area contributed by atoms with Crippen molar-refractivity contribution < 1.29 is 18.0 Å². The van der Waals surface area contributed by atoms with Gasteiger partial charge in [-0.25, -0.2) is 18.1 Å². The summed E-state index contributed by atoms with van der Waals surface area (Å²) < 4.78 is 29.8. The molecule has 2 amide bonds. The highest BCUT2D eigenvalue weighted by Gasteiger charge is 2.53. The Labute approximate surface area is 231 Å². The molecule has 11 heteroatoms. The smallest absolute Gasteiger partial charge is 0.274 e. The van der Waals surface area contributed by atoms with Crippen molar-refractivity contribution in [1.29, 1.82) is 0 Å². The molecule has 1 saturated carbocycles. The Morgan fingerprint density at radius 2 is 1.69 bits per heavy atom. The van der Waals surface area contributed by atoms with Crippen molar-refractivity contribution in [2.24, 2.45) is 0 Å². The van der Waals surface area contributed by atoms with Crippen LogP contribution in [0.4, 0.5) is 0 Å². The van der Waals surface area contributed by atoms with E-state index in [4.69, 9.17) is 11.6 Å². The molecule has 202 valence electrons. The van der Waals surface area contributed by atoms with Gasteiger partial charge in [0.05, 0.1) is 23.3 Å². The molecule has 2 saturated heterocycles. The summed E-state index contributed by atoms with van der Waals surface area (Å²) in [6.45, 7) is 0.839. The minimum Gasteiger partial charge on any atom is -0.333 e. The zero-order chi connectivity index (χ0) is 26.9. The van der Waals surface area contributed by atoms with Gasteiger partial charge >= 0.3 is 0 Å². The molecule has 0 spiro atoms. The highest BCUT2D eigenvalue weighted by molar-refractivity contribution is 7.89. The minimum absolute atomic E-state index is 0.0347. The Morgan fingerprint density at radius 1 is 1.00 bits per heavy atom. The molecule has 4 aliphatic rings. The summed E-state index contributed by atoms with van der Waals surface area (Å²) in [5, 5.41) is 0.654. The Balaban J connectivity index is 1.15. The zero-order valence-electron chi connectivity index (χ0n) is 21.2. The normalized spacial score (nSPS) is 24.3. The van der Waals surface area contributed by atoms with Crippen molar-refractivity contribution in [1.82, 2.24) is 24.1 Å². The van der Waals surface area contributed by atoms with E-state index in [1.54, 1.807) is 33.7 Å². The molecule has 3 aromatic rings. The maximum atomic E-state index is 14.1. The van der Waals surface area contributed by atoms with Crippen LogP contribution in [0.2, 0.25) is 5.02 Å². The molecule has 1 aromatic heterocycles. The monoisotopic (exact) mass is 565 g/mol. The third kappa shape index (κ3) is 3.76. The van der Waals surface area contributed by atoms with Crippen LogP contribution in [0.3, 0.4) is 0 Å². The third-order valence-electron chi connectivity index (χ3n) is 8.93. The van der Waals surface area contributed by atoms with Gasteiger partial charge < -0.3 is 9.80 Å². The van der Waals surface area contributed by atoms with Crippen molar-refractivity contribution in [3.8, 4) is 5.69 Å². The summed E-state index contributed by atoms with van der Waals surface area (Å²) in [5.41, 5.74) is 1.72. The molecule has 2 unspecified atom stereocenters. The van der Waals surface area contributed by atoms with Gasteiger partial charge in [-0.05, 0) is 55.5 Å². The first kappa shape index (κ1) is 24.8. The average Bonchev–Trinajstić information content (AvgIpc) is 3.41. The van der Waals surface area contributed by atoms with Crippen LogP contribution in [-0.4, -0.2) is 64.8 Å². The quantitative estimate of drug-likeness (QED) is 0.525. The van der Waals surface area contributed by atoms with Crippen LogP contribution in [0.5, 0.6) is 0 Å². The molecular formula is C28H28ClN5O4S. The summed E-state index contributed by atoms with van der Waals surface area (Å²) in [6.07, 6.45) is 5.89. The summed E-state index contributed by atoms with van der Waals surface area (Å²) in [6, 6.07) is 14.2. The largest absolute Gasteiger partial charge is 0.333 e. The Hall–Kier alpha value is -3.21. The fourth-order valence-corrected chi connectivity index (χ4v) is 8.08. The van der Waals surface area contributed by atoms with Crippen molar-refractivity contribution >= 4 is 33.4 Å². The van der Waals surface area contributed by atoms with E-state index in [0.717, 1.165) is 37.7 Å². The van der Waals surface area contributed by atoms with Gasteiger partial charge in [-0.2, -0.15) is 0 Å². The van der Waals surface area contributed by atoms with Gasteiger partial charge in [0.1, 0.15) is 11.2 Å². The Kier molecular flexibility index (Phi) is 5.66. The van der Waals surface area contributed by atoms with Crippen molar-refractivity contribution in [2.45, 2.75) is 61.0 Å². The van der Waals surface area contributed by atoms with Crippen LogP contribution in [0.15, 0.2) is 59.8 Å². The minimum atomic E-state index is -3.72. The van der Waals surface area contributed by atoms with Crippen LogP contribution in [0.1, 0.15) is 53.8 Å². The fourth-order valence-electron chi connectivity index (χ4n) is 6.78. The first-order chi connectivity index (χ1) is 18.8. The molecule has 4 heterocycles. The van der Waals surface area contributed by atoms with E-state index < -0.39 is 15.4 Å². The second-order valence-electron chi connectivity index (χ2n) is 11.0. The van der Waals surface area contributed by atoms with Crippen LogP contribution in [0, 0.1) is 0 Å². The van der Waals surface area contributed by atoms with E-state index >= 15 is 0 Å². The number of fused-ring (bicyclic) bond motifs is 5. The number of amides is 2. The fraction of sp³-hybridized carbons (Fsp3) is 0.393. The number of halogens is 1. The van der Waals surface area contributed by atoms with E-state index in [1.807, 2.05) is 24.3 Å². The number of hydrogen-bond acceptors (Lipinski definition) is 5. The van der Waals surface area contributed by atoms with Gasteiger partial charge in [0.15, 0.2) is 5.69 Å². The first-order valence-electron chi connectivity index (χ1n) is 13.3. The maximum absolute atomic E-state index is 14.1. The SMILES string of the molecule is O=C(c1ncn2c1CNS(=O)(=O)c1ccccc1-2)N1CC2CCC(C1)N2C(=O)C1(c2ccc(Cl)cc2)CCC1. The molecule has 39 heavy (non-hydrogen) atoms. The lowest BCUT2D eigenvalue weighted by Crippen LogP contribution is -2.62. The topological polar surface area (TPSA) is 105 Å². The van der Waals surface area contributed by atoms with E-state index in [2.05, 4.69) is 14.6 Å². The van der Waals surface area contributed by atoms with Crippen molar-refractivity contribution in [2.75, 3.05) is 13.1 Å². The third-order valence-corrected chi connectivity index (χ3v) is 10.6. The van der Waals surface area contributed by atoms with E-state index in [-0.39, 0.29) is 41.0 Å². The standard InChI is InChI=1S/C28H28ClN5O4S/c29-19-8-6-18(7-9-19)28(12-3-13-28)27(36)34-20-10-11-21(34)16-32(15-20)26(35)25-23-14-31-39(37,38)24-5-2-1-4-22(24)33(23)17-30-25/h1-2,4-9,17,20-21,31H,3,10-16H2. The van der Waals surface area contributed by atoms with Gasteiger partial charge in [0.25, 0.3) is 5.91 Å². The number of carbonyl (C=O) groups is 2. The molecule has 1 N–H and O–H groups in total.